The van der Waals surface area contributed by atoms with Crippen LogP contribution in [0, 0.1) is 5.92 Å². The second-order valence-corrected chi connectivity index (χ2v) is 4.33. The number of rotatable bonds is 7. The molecule has 0 aromatic carbocycles. The molecule has 0 fully saturated rings. The van der Waals surface area contributed by atoms with Crippen LogP contribution in [0.15, 0.2) is 12.4 Å². The molecule has 1 atom stereocenters. The Morgan fingerprint density at radius 1 is 1.41 bits per heavy atom. The van der Waals surface area contributed by atoms with Crippen LogP contribution in [0.1, 0.15) is 27.2 Å². The lowest BCUT2D eigenvalue weighted by Gasteiger charge is -2.18. The molecule has 2 N–H and O–H groups in total. The van der Waals surface area contributed by atoms with Crippen molar-refractivity contribution in [1.82, 2.24) is 9.97 Å². The van der Waals surface area contributed by atoms with Gasteiger partial charge in [-0.15, -0.1) is 0 Å². The highest BCUT2D eigenvalue weighted by Gasteiger charge is 2.10. The maximum absolute atomic E-state index is 9.27. The summed E-state index contributed by atoms with van der Waals surface area (Å²) in [5.74, 6) is 1.75. The zero-order valence-electron chi connectivity index (χ0n) is 10.7. The number of hydrogen-bond acceptors (Lipinski definition) is 5. The Labute approximate surface area is 102 Å². The second kappa shape index (κ2) is 7.06. The molecule has 0 spiro atoms. The molecule has 1 rings (SSSR count). The van der Waals surface area contributed by atoms with Crippen LogP contribution in [0.2, 0.25) is 0 Å². The molecule has 5 heteroatoms. The number of aliphatic hydroxyl groups is 1. The van der Waals surface area contributed by atoms with Crippen molar-refractivity contribution in [2.75, 3.05) is 18.5 Å². The average molecular weight is 239 g/mol. The van der Waals surface area contributed by atoms with E-state index in [1.165, 1.54) is 6.33 Å². The normalized spacial score (nSPS) is 12.5. The number of ether oxygens (including phenoxy) is 1. The summed E-state index contributed by atoms with van der Waals surface area (Å²) in [6.07, 6.45) is 2.35. The Kier molecular flexibility index (Phi) is 5.69. The molecule has 96 valence electrons. The summed E-state index contributed by atoms with van der Waals surface area (Å²) in [6, 6.07) is 1.76. The first-order valence-corrected chi connectivity index (χ1v) is 5.98. The smallest absolute Gasteiger partial charge is 0.218 e. The largest absolute Gasteiger partial charge is 0.478 e. The maximum Gasteiger partial charge on any atom is 0.218 e. The second-order valence-electron chi connectivity index (χ2n) is 4.33. The minimum absolute atomic E-state index is 0.0133. The molecule has 1 heterocycles. The van der Waals surface area contributed by atoms with E-state index in [2.05, 4.69) is 29.1 Å². The molecule has 17 heavy (non-hydrogen) atoms. The minimum Gasteiger partial charge on any atom is -0.478 e. The van der Waals surface area contributed by atoms with Crippen molar-refractivity contribution in [2.24, 2.45) is 5.92 Å². The molecule has 0 saturated carbocycles. The predicted molar refractivity (Wildman–Crippen MR) is 67.2 cm³/mol. The van der Waals surface area contributed by atoms with Crippen LogP contribution >= 0.6 is 0 Å². The summed E-state index contributed by atoms with van der Waals surface area (Å²) in [5, 5.41) is 12.4. The summed E-state index contributed by atoms with van der Waals surface area (Å²) in [4.78, 5) is 8.09. The SMILES string of the molecule is CCOc1cc(NC(CO)CC(C)C)ncn1. The van der Waals surface area contributed by atoms with Crippen molar-refractivity contribution in [2.45, 2.75) is 33.2 Å². The lowest BCUT2D eigenvalue weighted by Crippen LogP contribution is -2.26. The van der Waals surface area contributed by atoms with Gasteiger partial charge in [0.1, 0.15) is 12.1 Å². The standard InChI is InChI=1S/C12H21N3O2/c1-4-17-12-6-11(13-8-14-12)15-10(7-16)5-9(2)3/h6,8-10,16H,4-5,7H2,1-3H3,(H,13,14,15). The highest BCUT2D eigenvalue weighted by Crippen LogP contribution is 2.14. The number of aromatic nitrogens is 2. The molecule has 0 bridgehead atoms. The van der Waals surface area contributed by atoms with E-state index in [0.717, 1.165) is 6.42 Å². The van der Waals surface area contributed by atoms with Crippen LogP contribution in [-0.2, 0) is 0 Å². The Hall–Kier alpha value is -1.36. The van der Waals surface area contributed by atoms with Crippen molar-refractivity contribution in [3.8, 4) is 5.88 Å². The first kappa shape index (κ1) is 13.7. The molecule has 1 aromatic heterocycles. The van der Waals surface area contributed by atoms with Crippen LogP contribution in [0.5, 0.6) is 5.88 Å². The zero-order chi connectivity index (χ0) is 12.7. The quantitative estimate of drug-likeness (QED) is 0.758. The molecule has 1 unspecified atom stereocenters. The van der Waals surface area contributed by atoms with E-state index < -0.39 is 0 Å². The predicted octanol–water partition coefficient (Wildman–Crippen LogP) is 1.69. The molecule has 1 aromatic rings. The van der Waals surface area contributed by atoms with Gasteiger partial charge in [-0.3, -0.25) is 0 Å². The third-order valence-corrected chi connectivity index (χ3v) is 2.26. The van der Waals surface area contributed by atoms with Crippen molar-refractivity contribution < 1.29 is 9.84 Å². The number of nitrogens with zero attached hydrogens (tertiary/aromatic N) is 2. The van der Waals surface area contributed by atoms with Crippen molar-refractivity contribution >= 4 is 5.82 Å². The fraction of sp³-hybridized carbons (Fsp3) is 0.667. The van der Waals surface area contributed by atoms with Gasteiger partial charge < -0.3 is 15.2 Å². The van der Waals surface area contributed by atoms with E-state index in [1.54, 1.807) is 6.07 Å². The topological polar surface area (TPSA) is 67.3 Å². The van der Waals surface area contributed by atoms with Crippen molar-refractivity contribution in [1.29, 1.82) is 0 Å². The minimum atomic E-state index is 0.0133. The summed E-state index contributed by atoms with van der Waals surface area (Å²) in [6.45, 7) is 6.81. The van der Waals surface area contributed by atoms with Gasteiger partial charge in [-0.05, 0) is 19.3 Å². The van der Waals surface area contributed by atoms with Crippen LogP contribution in [0.25, 0.3) is 0 Å². The van der Waals surface area contributed by atoms with Gasteiger partial charge in [0, 0.05) is 6.07 Å². The summed E-state index contributed by atoms with van der Waals surface area (Å²) >= 11 is 0. The first-order valence-electron chi connectivity index (χ1n) is 5.98. The lowest BCUT2D eigenvalue weighted by molar-refractivity contribution is 0.259. The Morgan fingerprint density at radius 2 is 2.18 bits per heavy atom. The molecular weight excluding hydrogens is 218 g/mol. The van der Waals surface area contributed by atoms with E-state index in [0.29, 0.717) is 24.2 Å². The highest BCUT2D eigenvalue weighted by molar-refractivity contribution is 5.38. The Bertz CT molecular complexity index is 331. The number of aliphatic hydroxyl groups excluding tert-OH is 1. The third kappa shape index (κ3) is 4.99. The fourth-order valence-corrected chi connectivity index (χ4v) is 1.60. The molecular formula is C12H21N3O2. The van der Waals surface area contributed by atoms with Gasteiger partial charge in [-0.25, -0.2) is 9.97 Å². The molecule has 0 aliphatic carbocycles. The van der Waals surface area contributed by atoms with Crippen LogP contribution in [0.4, 0.5) is 5.82 Å². The van der Waals surface area contributed by atoms with Crippen LogP contribution in [-0.4, -0.2) is 34.3 Å². The van der Waals surface area contributed by atoms with Gasteiger partial charge in [-0.1, -0.05) is 13.8 Å². The van der Waals surface area contributed by atoms with Crippen molar-refractivity contribution in [3.05, 3.63) is 12.4 Å². The number of anilines is 1. The monoisotopic (exact) mass is 239 g/mol. The number of hydrogen-bond donors (Lipinski definition) is 2. The fourth-order valence-electron chi connectivity index (χ4n) is 1.60. The van der Waals surface area contributed by atoms with Gasteiger partial charge >= 0.3 is 0 Å². The molecule has 0 saturated heterocycles. The third-order valence-electron chi connectivity index (χ3n) is 2.26. The van der Waals surface area contributed by atoms with Gasteiger partial charge in [0.15, 0.2) is 0 Å². The van der Waals surface area contributed by atoms with Crippen LogP contribution in [0.3, 0.4) is 0 Å². The Balaban J connectivity index is 2.62. The summed E-state index contributed by atoms with van der Waals surface area (Å²) in [7, 11) is 0. The summed E-state index contributed by atoms with van der Waals surface area (Å²) < 4.78 is 5.29. The molecule has 0 aliphatic heterocycles. The first-order chi connectivity index (χ1) is 8.15. The molecule has 0 aliphatic rings. The van der Waals surface area contributed by atoms with E-state index >= 15 is 0 Å². The van der Waals surface area contributed by atoms with Gasteiger partial charge in [0.05, 0.1) is 19.3 Å². The molecule has 5 nitrogen and oxygen atoms in total. The van der Waals surface area contributed by atoms with Crippen LogP contribution < -0.4 is 10.1 Å². The molecule has 0 radical (unpaired) electrons. The van der Waals surface area contributed by atoms with E-state index in [4.69, 9.17) is 4.74 Å². The average Bonchev–Trinajstić information content (AvgIpc) is 2.28. The maximum atomic E-state index is 9.27. The molecule has 0 amide bonds. The van der Waals surface area contributed by atoms with Gasteiger partial charge in [-0.2, -0.15) is 0 Å². The van der Waals surface area contributed by atoms with Gasteiger partial charge in [0.2, 0.25) is 5.88 Å². The van der Waals surface area contributed by atoms with E-state index in [9.17, 15) is 5.11 Å². The van der Waals surface area contributed by atoms with Crippen molar-refractivity contribution in [3.63, 3.8) is 0 Å². The summed E-state index contributed by atoms with van der Waals surface area (Å²) in [5.41, 5.74) is 0. The van der Waals surface area contributed by atoms with E-state index in [1.807, 2.05) is 6.92 Å². The zero-order valence-corrected chi connectivity index (χ0v) is 10.7. The van der Waals surface area contributed by atoms with Gasteiger partial charge in [0.25, 0.3) is 0 Å². The highest BCUT2D eigenvalue weighted by atomic mass is 16.5. The lowest BCUT2D eigenvalue weighted by atomic mass is 10.0. The van der Waals surface area contributed by atoms with E-state index in [-0.39, 0.29) is 12.6 Å². The Morgan fingerprint density at radius 3 is 2.76 bits per heavy atom. The number of nitrogens with one attached hydrogen (secondary N) is 1.